The number of nitrogens with one attached hydrogen (secondary N) is 1. The molecule has 0 aliphatic heterocycles. The highest BCUT2D eigenvalue weighted by molar-refractivity contribution is 9.10. The average Bonchev–Trinajstić information content (AvgIpc) is 2.80. The van der Waals surface area contributed by atoms with E-state index in [9.17, 15) is 9.18 Å². The molecule has 0 atom stereocenters. The van der Waals surface area contributed by atoms with Gasteiger partial charge in [0.2, 0.25) is 0 Å². The third-order valence-corrected chi connectivity index (χ3v) is 3.29. The Morgan fingerprint density at radius 2 is 2.26 bits per heavy atom. The first-order chi connectivity index (χ1) is 8.99. The maximum atomic E-state index is 13.3. The molecule has 2 N–H and O–H groups in total. The van der Waals surface area contributed by atoms with Crippen LogP contribution in [0.5, 0.6) is 0 Å². The smallest absolute Gasteiger partial charge is 0.339 e. The molecule has 0 spiro atoms. The molecule has 0 fully saturated rings. The third kappa shape index (κ3) is 2.96. The Balaban J connectivity index is 2.17. The molecule has 0 radical (unpaired) electrons. The molecule has 6 heteroatoms. The van der Waals surface area contributed by atoms with Gasteiger partial charge < -0.3 is 14.8 Å². The average molecular weight is 328 g/mol. The molecular formula is C13H11BrFNO3. The number of carboxylic acids is 1. The van der Waals surface area contributed by atoms with Gasteiger partial charge in [-0.05, 0) is 46.6 Å². The Morgan fingerprint density at radius 3 is 2.95 bits per heavy atom. The zero-order chi connectivity index (χ0) is 14.0. The Kier molecular flexibility index (Phi) is 3.90. The van der Waals surface area contributed by atoms with Gasteiger partial charge in [0.1, 0.15) is 17.1 Å². The van der Waals surface area contributed by atoms with Crippen molar-refractivity contribution in [2.45, 2.75) is 13.5 Å². The van der Waals surface area contributed by atoms with Gasteiger partial charge in [-0.15, -0.1) is 0 Å². The van der Waals surface area contributed by atoms with Gasteiger partial charge in [0.05, 0.1) is 17.3 Å². The minimum atomic E-state index is -1.04. The van der Waals surface area contributed by atoms with E-state index in [1.165, 1.54) is 18.4 Å². The molecule has 0 aliphatic carbocycles. The molecule has 1 aromatic carbocycles. The summed E-state index contributed by atoms with van der Waals surface area (Å²) in [5.41, 5.74) is 1.55. The third-order valence-electron chi connectivity index (χ3n) is 2.68. The number of hydrogen-bond acceptors (Lipinski definition) is 3. The number of halogens is 2. The van der Waals surface area contributed by atoms with Crippen molar-refractivity contribution in [3.63, 3.8) is 0 Å². The lowest BCUT2D eigenvalue weighted by Crippen LogP contribution is -2.05. The number of furan rings is 1. The summed E-state index contributed by atoms with van der Waals surface area (Å²) in [4.78, 5) is 10.9. The van der Waals surface area contributed by atoms with E-state index >= 15 is 0 Å². The quantitative estimate of drug-likeness (QED) is 0.896. The maximum absolute atomic E-state index is 13.3. The van der Waals surface area contributed by atoms with Crippen LogP contribution in [0.25, 0.3) is 0 Å². The number of rotatable bonds is 4. The highest BCUT2D eigenvalue weighted by Gasteiger charge is 2.13. The first-order valence-corrected chi connectivity index (χ1v) is 6.27. The van der Waals surface area contributed by atoms with Gasteiger partial charge in [-0.1, -0.05) is 0 Å². The second kappa shape index (κ2) is 5.44. The van der Waals surface area contributed by atoms with Gasteiger partial charge in [0.25, 0.3) is 0 Å². The summed E-state index contributed by atoms with van der Waals surface area (Å²) in [5, 5.41) is 12.0. The number of carboxylic acid groups (broad SMARTS) is 1. The van der Waals surface area contributed by atoms with Gasteiger partial charge >= 0.3 is 5.97 Å². The van der Waals surface area contributed by atoms with Crippen LogP contribution < -0.4 is 5.32 Å². The van der Waals surface area contributed by atoms with Gasteiger partial charge in [0, 0.05) is 5.69 Å². The Bertz CT molecular complexity index is 624. The second-order valence-electron chi connectivity index (χ2n) is 4.00. The van der Waals surface area contributed by atoms with Crippen molar-refractivity contribution in [3.05, 3.63) is 51.6 Å². The first-order valence-electron chi connectivity index (χ1n) is 5.48. The van der Waals surface area contributed by atoms with E-state index in [0.717, 1.165) is 5.56 Å². The largest absolute Gasteiger partial charge is 0.478 e. The molecule has 19 heavy (non-hydrogen) atoms. The highest BCUT2D eigenvalue weighted by atomic mass is 79.9. The summed E-state index contributed by atoms with van der Waals surface area (Å²) >= 11 is 3.10. The van der Waals surface area contributed by atoms with Crippen molar-refractivity contribution in [1.29, 1.82) is 0 Å². The SMILES string of the molecule is Cc1cc(F)c(Br)cc1NCc1occc1C(=O)O. The lowest BCUT2D eigenvalue weighted by Gasteiger charge is -2.10. The molecule has 4 nitrogen and oxygen atoms in total. The molecule has 2 rings (SSSR count). The molecular weight excluding hydrogens is 317 g/mol. The van der Waals surface area contributed by atoms with Crippen LogP contribution in [0.15, 0.2) is 33.4 Å². The van der Waals surface area contributed by atoms with E-state index < -0.39 is 5.97 Å². The molecule has 100 valence electrons. The van der Waals surface area contributed by atoms with Gasteiger partial charge in [-0.25, -0.2) is 9.18 Å². The molecule has 0 unspecified atom stereocenters. The zero-order valence-electron chi connectivity index (χ0n) is 10.0. The van der Waals surface area contributed by atoms with Crippen molar-refractivity contribution in [3.8, 4) is 0 Å². The zero-order valence-corrected chi connectivity index (χ0v) is 11.6. The fourth-order valence-corrected chi connectivity index (χ4v) is 2.02. The molecule has 2 aromatic rings. The van der Waals surface area contributed by atoms with E-state index in [0.29, 0.717) is 15.9 Å². The lowest BCUT2D eigenvalue weighted by molar-refractivity contribution is 0.0694. The number of anilines is 1. The molecule has 0 amide bonds. The number of carbonyl (C=O) groups is 1. The maximum Gasteiger partial charge on any atom is 0.339 e. The van der Waals surface area contributed by atoms with Crippen LogP contribution in [-0.2, 0) is 6.54 Å². The summed E-state index contributed by atoms with van der Waals surface area (Å²) in [6, 6.07) is 4.40. The van der Waals surface area contributed by atoms with Crippen molar-refractivity contribution in [2.24, 2.45) is 0 Å². The van der Waals surface area contributed by atoms with E-state index in [1.54, 1.807) is 13.0 Å². The van der Waals surface area contributed by atoms with Crippen LogP contribution in [0.1, 0.15) is 21.7 Å². The topological polar surface area (TPSA) is 62.5 Å². The van der Waals surface area contributed by atoms with Crippen LogP contribution in [-0.4, -0.2) is 11.1 Å². The van der Waals surface area contributed by atoms with Crippen molar-refractivity contribution < 1.29 is 18.7 Å². The van der Waals surface area contributed by atoms with Crippen LogP contribution in [0.2, 0.25) is 0 Å². The van der Waals surface area contributed by atoms with Crippen molar-refractivity contribution in [2.75, 3.05) is 5.32 Å². The molecule has 1 aromatic heterocycles. The molecule has 0 saturated carbocycles. The number of aryl methyl sites for hydroxylation is 1. The Hall–Kier alpha value is -1.82. The minimum absolute atomic E-state index is 0.117. The summed E-state index contributed by atoms with van der Waals surface area (Å²) < 4.78 is 18.7. The van der Waals surface area contributed by atoms with Gasteiger partial charge in [-0.2, -0.15) is 0 Å². The van der Waals surface area contributed by atoms with E-state index in [1.807, 2.05) is 0 Å². The Labute approximate surface area is 117 Å². The van der Waals surface area contributed by atoms with Crippen LogP contribution in [0.4, 0.5) is 10.1 Å². The lowest BCUT2D eigenvalue weighted by atomic mass is 10.2. The molecule has 0 aliphatic rings. The van der Waals surface area contributed by atoms with Gasteiger partial charge in [-0.3, -0.25) is 0 Å². The standard InChI is InChI=1S/C13H11BrFNO3/c1-7-4-10(15)9(14)5-11(7)16-6-12-8(13(17)18)2-3-19-12/h2-5,16H,6H2,1H3,(H,17,18). The predicted octanol–water partition coefficient (Wildman–Crippen LogP) is 3.80. The monoisotopic (exact) mass is 327 g/mol. The number of benzene rings is 1. The van der Waals surface area contributed by atoms with E-state index in [-0.39, 0.29) is 17.9 Å². The summed E-state index contributed by atoms with van der Waals surface area (Å²) in [5.74, 6) is -1.05. The normalized spacial score (nSPS) is 10.5. The Morgan fingerprint density at radius 1 is 1.53 bits per heavy atom. The van der Waals surface area contributed by atoms with Crippen LogP contribution in [0, 0.1) is 12.7 Å². The molecule has 1 heterocycles. The summed E-state index contributed by atoms with van der Waals surface area (Å²) in [7, 11) is 0. The fourth-order valence-electron chi connectivity index (χ4n) is 1.68. The molecule has 0 saturated heterocycles. The highest BCUT2D eigenvalue weighted by Crippen LogP contribution is 2.25. The fraction of sp³-hybridized carbons (Fsp3) is 0.154. The molecule has 0 bridgehead atoms. The van der Waals surface area contributed by atoms with E-state index in [2.05, 4.69) is 21.2 Å². The minimum Gasteiger partial charge on any atom is -0.478 e. The summed E-state index contributed by atoms with van der Waals surface area (Å²) in [6.07, 6.45) is 1.33. The van der Waals surface area contributed by atoms with Crippen LogP contribution in [0.3, 0.4) is 0 Å². The first kappa shape index (κ1) is 13.6. The van der Waals surface area contributed by atoms with Crippen molar-refractivity contribution >= 4 is 27.6 Å². The van der Waals surface area contributed by atoms with Crippen LogP contribution >= 0.6 is 15.9 Å². The van der Waals surface area contributed by atoms with Gasteiger partial charge in [0.15, 0.2) is 0 Å². The summed E-state index contributed by atoms with van der Waals surface area (Å²) in [6.45, 7) is 1.98. The van der Waals surface area contributed by atoms with Crippen molar-refractivity contribution in [1.82, 2.24) is 0 Å². The number of aromatic carboxylic acids is 1. The predicted molar refractivity (Wildman–Crippen MR) is 71.8 cm³/mol. The van der Waals surface area contributed by atoms with E-state index in [4.69, 9.17) is 9.52 Å². The second-order valence-corrected chi connectivity index (χ2v) is 4.85. The number of hydrogen-bond donors (Lipinski definition) is 2.